The second kappa shape index (κ2) is 6.94. The Bertz CT molecular complexity index is 1390. The lowest BCUT2D eigenvalue weighted by molar-refractivity contribution is 0.0695. The topological polar surface area (TPSA) is 95.7 Å². The van der Waals surface area contributed by atoms with E-state index >= 15 is 4.39 Å². The molecule has 2 aromatic heterocycles. The zero-order valence-electron chi connectivity index (χ0n) is 16.1. The van der Waals surface area contributed by atoms with Gasteiger partial charge in [-0.25, -0.2) is 9.18 Å². The van der Waals surface area contributed by atoms with Crippen molar-refractivity contribution in [1.29, 1.82) is 0 Å². The Kier molecular flexibility index (Phi) is 4.21. The lowest BCUT2D eigenvalue weighted by atomic mass is 10.1. The summed E-state index contributed by atoms with van der Waals surface area (Å²) in [7, 11) is 0. The number of pyridine rings is 2. The number of aromatic hydroxyl groups is 1. The Hall–Kier alpha value is -4.20. The fraction of sp³-hybridized carbons (Fsp3) is 0.0870. The molecule has 4 aromatic rings. The van der Waals surface area contributed by atoms with Crippen LogP contribution in [-0.4, -0.2) is 25.7 Å². The van der Waals surface area contributed by atoms with Gasteiger partial charge in [0.15, 0.2) is 0 Å². The average Bonchev–Trinajstić information content (AvgIpc) is 3.18. The summed E-state index contributed by atoms with van der Waals surface area (Å²) in [6.07, 6.45) is 2.91. The third kappa shape index (κ3) is 3.09. The van der Waals surface area contributed by atoms with Gasteiger partial charge in [-0.05, 0) is 48.0 Å². The number of nitrogens with zero attached hydrogens (tertiary/aromatic N) is 3. The summed E-state index contributed by atoms with van der Waals surface area (Å²) in [6.45, 7) is 0.900. The summed E-state index contributed by atoms with van der Waals surface area (Å²) in [6, 6.07) is 12.5. The van der Waals surface area contributed by atoms with E-state index in [-0.39, 0.29) is 11.1 Å². The van der Waals surface area contributed by atoms with Crippen LogP contribution in [0, 0.1) is 5.82 Å². The third-order valence-electron chi connectivity index (χ3n) is 5.46. The molecule has 2 aromatic carbocycles. The van der Waals surface area contributed by atoms with Gasteiger partial charge in [-0.2, -0.15) is 0 Å². The van der Waals surface area contributed by atoms with Crippen molar-refractivity contribution in [2.24, 2.45) is 0 Å². The molecule has 7 nitrogen and oxygen atoms in total. The Morgan fingerprint density at radius 2 is 1.87 bits per heavy atom. The van der Waals surface area contributed by atoms with Gasteiger partial charge in [0, 0.05) is 30.0 Å². The van der Waals surface area contributed by atoms with Crippen molar-refractivity contribution in [3.63, 3.8) is 0 Å². The zero-order chi connectivity index (χ0) is 21.7. The van der Waals surface area contributed by atoms with Gasteiger partial charge in [-0.15, -0.1) is 0 Å². The highest BCUT2D eigenvalue weighted by molar-refractivity contribution is 5.94. The first-order valence-electron chi connectivity index (χ1n) is 9.51. The van der Waals surface area contributed by atoms with Crippen molar-refractivity contribution in [1.82, 2.24) is 9.55 Å². The van der Waals surface area contributed by atoms with E-state index in [1.807, 2.05) is 17.0 Å². The predicted molar refractivity (Wildman–Crippen MR) is 112 cm³/mol. The highest BCUT2D eigenvalue weighted by Crippen LogP contribution is 2.32. The van der Waals surface area contributed by atoms with Gasteiger partial charge in [0.1, 0.15) is 17.1 Å². The second-order valence-electron chi connectivity index (χ2n) is 7.35. The minimum atomic E-state index is -1.40. The van der Waals surface area contributed by atoms with E-state index < -0.39 is 22.8 Å². The maximum atomic E-state index is 15.1. The molecule has 0 saturated heterocycles. The molecule has 3 heterocycles. The molecule has 0 saturated carbocycles. The first kappa shape index (κ1) is 18.8. The Labute approximate surface area is 175 Å². The number of aromatic carboxylic acids is 1. The number of halogens is 1. The Morgan fingerprint density at radius 3 is 2.58 bits per heavy atom. The first-order chi connectivity index (χ1) is 14.9. The molecule has 0 bridgehead atoms. The van der Waals surface area contributed by atoms with Gasteiger partial charge in [-0.1, -0.05) is 6.07 Å². The number of benzene rings is 2. The summed E-state index contributed by atoms with van der Waals surface area (Å²) in [5, 5.41) is 19.0. The maximum Gasteiger partial charge on any atom is 0.341 e. The summed E-state index contributed by atoms with van der Waals surface area (Å²) in [5.41, 5.74) is 1.81. The number of phenolic OH excluding ortho intramolecular Hbond substituents is 1. The van der Waals surface area contributed by atoms with Crippen LogP contribution in [-0.2, 0) is 13.1 Å². The number of phenols is 1. The highest BCUT2D eigenvalue weighted by atomic mass is 19.1. The van der Waals surface area contributed by atoms with Crippen molar-refractivity contribution in [3.8, 4) is 11.4 Å². The van der Waals surface area contributed by atoms with Crippen LogP contribution in [0.3, 0.4) is 0 Å². The Balaban J connectivity index is 1.74. The maximum absolute atomic E-state index is 15.1. The molecule has 0 unspecified atom stereocenters. The molecule has 0 aliphatic carbocycles. The van der Waals surface area contributed by atoms with Crippen molar-refractivity contribution in [2.75, 3.05) is 4.90 Å². The predicted octanol–water partition coefficient (Wildman–Crippen LogP) is 3.45. The van der Waals surface area contributed by atoms with E-state index in [2.05, 4.69) is 4.98 Å². The normalized spacial score (nSPS) is 12.9. The van der Waals surface area contributed by atoms with E-state index in [1.54, 1.807) is 24.4 Å². The minimum Gasteiger partial charge on any atom is -0.508 e. The number of fused-ring (bicyclic) bond motifs is 2. The van der Waals surface area contributed by atoms with Crippen LogP contribution in [0.25, 0.3) is 16.6 Å². The smallest absolute Gasteiger partial charge is 0.341 e. The first-order valence-corrected chi connectivity index (χ1v) is 9.51. The summed E-state index contributed by atoms with van der Waals surface area (Å²) >= 11 is 0. The van der Waals surface area contributed by atoms with Crippen molar-refractivity contribution >= 4 is 22.6 Å². The molecule has 8 heteroatoms. The molecule has 154 valence electrons. The number of carbonyl (C=O) groups is 1. The molecule has 0 radical (unpaired) electrons. The Morgan fingerprint density at radius 1 is 1.10 bits per heavy atom. The molecular formula is C23H16FN3O4. The minimum absolute atomic E-state index is 0.0379. The number of carboxylic acid groups (broad SMARTS) is 1. The molecule has 1 aliphatic heterocycles. The van der Waals surface area contributed by atoms with E-state index in [9.17, 15) is 19.8 Å². The van der Waals surface area contributed by atoms with Crippen LogP contribution < -0.4 is 10.3 Å². The van der Waals surface area contributed by atoms with Gasteiger partial charge in [0.05, 0.1) is 23.4 Å². The van der Waals surface area contributed by atoms with Gasteiger partial charge < -0.3 is 19.7 Å². The van der Waals surface area contributed by atoms with Crippen molar-refractivity contribution < 1.29 is 19.4 Å². The number of carboxylic acids is 1. The lowest BCUT2D eigenvalue weighted by Crippen LogP contribution is -2.20. The van der Waals surface area contributed by atoms with E-state index in [1.165, 1.54) is 22.9 Å². The molecule has 5 rings (SSSR count). The summed E-state index contributed by atoms with van der Waals surface area (Å²) in [5.74, 6) is -1.97. The molecule has 0 fully saturated rings. The second-order valence-corrected chi connectivity index (χ2v) is 7.35. The molecule has 0 spiro atoms. The van der Waals surface area contributed by atoms with Crippen LogP contribution in [0.1, 0.15) is 21.6 Å². The van der Waals surface area contributed by atoms with Gasteiger partial charge in [0.2, 0.25) is 5.43 Å². The molecule has 0 atom stereocenters. The number of hydrogen-bond acceptors (Lipinski definition) is 5. The van der Waals surface area contributed by atoms with Crippen LogP contribution in [0.5, 0.6) is 5.75 Å². The zero-order valence-corrected chi connectivity index (χ0v) is 16.1. The average molecular weight is 417 g/mol. The fourth-order valence-corrected chi connectivity index (χ4v) is 3.93. The van der Waals surface area contributed by atoms with Crippen LogP contribution in [0.15, 0.2) is 65.7 Å². The van der Waals surface area contributed by atoms with E-state index in [4.69, 9.17) is 0 Å². The number of hydrogen-bond donors (Lipinski definition) is 2. The number of anilines is 1. The van der Waals surface area contributed by atoms with Gasteiger partial charge >= 0.3 is 5.97 Å². The summed E-state index contributed by atoms with van der Waals surface area (Å²) in [4.78, 5) is 30.5. The van der Waals surface area contributed by atoms with Crippen LogP contribution in [0.2, 0.25) is 0 Å². The standard InChI is InChI=1S/C23H16FN3O4/c24-18-8-16-20(9-21(18)26-10-13-2-1-7-25-19(13)12-26)27(11-17(22(16)29)23(30)31)14-3-5-15(28)6-4-14/h1-9,11,28H,10,12H2,(H,30,31). The number of aromatic nitrogens is 2. The molecule has 0 amide bonds. The molecule has 2 N–H and O–H groups in total. The number of rotatable bonds is 3. The monoisotopic (exact) mass is 417 g/mol. The lowest BCUT2D eigenvalue weighted by Gasteiger charge is -2.20. The SMILES string of the molecule is O=C(O)c1cn(-c2ccc(O)cc2)c2cc(N3Cc4cccnc4C3)c(F)cc2c1=O. The van der Waals surface area contributed by atoms with Gasteiger partial charge in [0.25, 0.3) is 0 Å². The van der Waals surface area contributed by atoms with Crippen LogP contribution in [0.4, 0.5) is 10.1 Å². The van der Waals surface area contributed by atoms with Crippen LogP contribution >= 0.6 is 0 Å². The van der Waals surface area contributed by atoms with Crippen molar-refractivity contribution in [3.05, 3.63) is 93.8 Å². The molecule has 31 heavy (non-hydrogen) atoms. The van der Waals surface area contributed by atoms with E-state index in [0.29, 0.717) is 30.0 Å². The largest absolute Gasteiger partial charge is 0.508 e. The molecular weight excluding hydrogens is 401 g/mol. The summed E-state index contributed by atoms with van der Waals surface area (Å²) < 4.78 is 16.6. The quantitative estimate of drug-likeness (QED) is 0.530. The molecule has 1 aliphatic rings. The van der Waals surface area contributed by atoms with Crippen molar-refractivity contribution in [2.45, 2.75) is 13.1 Å². The third-order valence-corrected chi connectivity index (χ3v) is 5.46. The van der Waals surface area contributed by atoms with Gasteiger partial charge in [-0.3, -0.25) is 9.78 Å². The van der Waals surface area contributed by atoms with E-state index in [0.717, 1.165) is 17.3 Å². The highest BCUT2D eigenvalue weighted by Gasteiger charge is 2.24. The fourth-order valence-electron chi connectivity index (χ4n) is 3.93.